The molecule has 0 bridgehead atoms. The van der Waals surface area contributed by atoms with Crippen molar-refractivity contribution in [3.8, 4) is 0 Å². The number of hydrogen-bond donors (Lipinski definition) is 2. The summed E-state index contributed by atoms with van der Waals surface area (Å²) in [5.74, 6) is -1.58. The smallest absolute Gasteiger partial charge is 0.408 e. The van der Waals surface area contributed by atoms with Crippen molar-refractivity contribution >= 4 is 22.1 Å². The van der Waals surface area contributed by atoms with Gasteiger partial charge in [-0.3, -0.25) is 0 Å². The van der Waals surface area contributed by atoms with E-state index >= 15 is 0 Å². The van der Waals surface area contributed by atoms with Crippen LogP contribution < -0.4 is 5.32 Å². The highest BCUT2D eigenvalue weighted by Gasteiger charge is 2.49. The van der Waals surface area contributed by atoms with Gasteiger partial charge < -0.3 is 15.2 Å². The molecule has 8 nitrogen and oxygen atoms in total. The molecule has 0 saturated carbocycles. The molecule has 1 fully saturated rings. The van der Waals surface area contributed by atoms with Gasteiger partial charge in [0, 0.05) is 13.1 Å². The zero-order valence-electron chi connectivity index (χ0n) is 13.0. The van der Waals surface area contributed by atoms with E-state index in [2.05, 4.69) is 11.9 Å². The number of carbonyl (C=O) groups is 2. The van der Waals surface area contributed by atoms with Crippen molar-refractivity contribution in [2.24, 2.45) is 0 Å². The van der Waals surface area contributed by atoms with E-state index in [1.165, 1.54) is 6.08 Å². The number of hydrogen-bond acceptors (Lipinski definition) is 5. The van der Waals surface area contributed by atoms with E-state index in [1.54, 1.807) is 20.8 Å². The molecule has 1 saturated heterocycles. The van der Waals surface area contributed by atoms with Crippen LogP contribution in [-0.4, -0.2) is 59.9 Å². The summed E-state index contributed by atoms with van der Waals surface area (Å²) < 4.78 is 30.0. The van der Waals surface area contributed by atoms with Crippen molar-refractivity contribution in [3.05, 3.63) is 12.7 Å². The number of nitrogens with zero attached hydrogens (tertiary/aromatic N) is 1. The maximum Gasteiger partial charge on any atom is 0.408 e. The molecule has 9 heteroatoms. The van der Waals surface area contributed by atoms with Gasteiger partial charge in [-0.15, -0.1) is 6.58 Å². The van der Waals surface area contributed by atoms with Crippen LogP contribution in [0.4, 0.5) is 4.79 Å². The number of carboxylic acids is 1. The van der Waals surface area contributed by atoms with Gasteiger partial charge in [0.25, 0.3) is 0 Å². The van der Waals surface area contributed by atoms with E-state index in [0.29, 0.717) is 0 Å². The predicted molar refractivity (Wildman–Crippen MR) is 79.9 cm³/mol. The number of carboxylic acid groups (broad SMARTS) is 1. The zero-order valence-corrected chi connectivity index (χ0v) is 13.8. The van der Waals surface area contributed by atoms with Crippen LogP contribution in [0.5, 0.6) is 0 Å². The fourth-order valence-corrected chi connectivity index (χ4v) is 3.39. The number of amides is 1. The lowest BCUT2D eigenvalue weighted by molar-refractivity contribution is -0.144. The van der Waals surface area contributed by atoms with Crippen molar-refractivity contribution < 1.29 is 27.9 Å². The van der Waals surface area contributed by atoms with Crippen molar-refractivity contribution in [2.75, 3.05) is 18.8 Å². The second-order valence-electron chi connectivity index (χ2n) is 6.16. The number of nitrogens with one attached hydrogen (secondary N) is 1. The van der Waals surface area contributed by atoms with Crippen LogP contribution in [0.2, 0.25) is 0 Å². The molecule has 0 aromatic rings. The van der Waals surface area contributed by atoms with E-state index in [4.69, 9.17) is 4.74 Å². The molecular formula is C13H22N2O6S. The minimum absolute atomic E-state index is 0.0122. The second-order valence-corrected chi connectivity index (χ2v) is 8.18. The summed E-state index contributed by atoms with van der Waals surface area (Å²) in [6, 6.07) is 0. The Hall–Kier alpha value is -1.61. The average molecular weight is 334 g/mol. The summed E-state index contributed by atoms with van der Waals surface area (Å²) in [6.07, 6.45) is 0.313. The summed E-state index contributed by atoms with van der Waals surface area (Å²) in [5.41, 5.74) is -2.46. The highest BCUT2D eigenvalue weighted by molar-refractivity contribution is 7.89. The SMILES string of the molecule is C=CCS(=O)(=O)N1CCC(NC(=O)OC(C)(C)C)(C(=O)O)C1. The minimum atomic E-state index is -3.63. The van der Waals surface area contributed by atoms with Gasteiger partial charge in [0.05, 0.1) is 5.75 Å². The first-order valence-corrected chi connectivity index (χ1v) is 8.36. The second kappa shape index (κ2) is 6.25. The third-order valence-corrected chi connectivity index (χ3v) is 4.86. The Bertz CT molecular complexity index is 566. The fourth-order valence-electron chi connectivity index (χ4n) is 2.10. The van der Waals surface area contributed by atoms with Crippen LogP contribution in [0.1, 0.15) is 27.2 Å². The maximum absolute atomic E-state index is 12.0. The first kappa shape index (κ1) is 18.4. The minimum Gasteiger partial charge on any atom is -0.479 e. The summed E-state index contributed by atoms with van der Waals surface area (Å²) in [4.78, 5) is 23.4. The fraction of sp³-hybridized carbons (Fsp3) is 0.692. The lowest BCUT2D eigenvalue weighted by atomic mass is 9.99. The van der Waals surface area contributed by atoms with Crippen LogP contribution in [-0.2, 0) is 19.6 Å². The summed E-state index contributed by atoms with van der Waals surface area (Å²) in [5, 5.41) is 11.7. The molecule has 1 unspecified atom stereocenters. The Labute approximate surface area is 130 Å². The van der Waals surface area contributed by atoms with Crippen LogP contribution in [0.3, 0.4) is 0 Å². The predicted octanol–water partition coefficient (Wildman–Crippen LogP) is 0.556. The highest BCUT2D eigenvalue weighted by atomic mass is 32.2. The molecule has 1 heterocycles. The van der Waals surface area contributed by atoms with E-state index in [9.17, 15) is 23.1 Å². The van der Waals surface area contributed by atoms with Gasteiger partial charge in [-0.1, -0.05) is 6.08 Å². The lowest BCUT2D eigenvalue weighted by Crippen LogP contribution is -2.57. The first-order valence-electron chi connectivity index (χ1n) is 6.75. The van der Waals surface area contributed by atoms with Crippen LogP contribution in [0, 0.1) is 0 Å². The Balaban J connectivity index is 2.90. The molecular weight excluding hydrogens is 312 g/mol. The van der Waals surface area contributed by atoms with E-state index in [0.717, 1.165) is 4.31 Å². The van der Waals surface area contributed by atoms with Crippen LogP contribution >= 0.6 is 0 Å². The Morgan fingerprint density at radius 2 is 2.05 bits per heavy atom. The molecule has 2 N–H and O–H groups in total. The standard InChI is InChI=1S/C13H22N2O6S/c1-5-8-22(19,20)15-7-6-13(9-15,10(16)17)14-11(18)21-12(2,3)4/h5H,1,6-9H2,2-4H3,(H,14,18)(H,16,17). The Morgan fingerprint density at radius 1 is 1.45 bits per heavy atom. The van der Waals surface area contributed by atoms with Crippen molar-refractivity contribution in [2.45, 2.75) is 38.3 Å². The quantitative estimate of drug-likeness (QED) is 0.710. The van der Waals surface area contributed by atoms with Crippen molar-refractivity contribution in [1.29, 1.82) is 0 Å². The van der Waals surface area contributed by atoms with Gasteiger partial charge in [-0.25, -0.2) is 18.0 Å². The number of sulfonamides is 1. The molecule has 0 aromatic heterocycles. The molecule has 1 aliphatic heterocycles. The molecule has 0 spiro atoms. The Kier molecular flexibility index (Phi) is 5.24. The van der Waals surface area contributed by atoms with E-state index < -0.39 is 33.2 Å². The average Bonchev–Trinajstić information content (AvgIpc) is 2.72. The zero-order chi connectivity index (χ0) is 17.2. The molecule has 0 aliphatic carbocycles. The topological polar surface area (TPSA) is 113 Å². The molecule has 126 valence electrons. The summed E-state index contributed by atoms with van der Waals surface area (Å²) >= 11 is 0. The highest BCUT2D eigenvalue weighted by Crippen LogP contribution is 2.25. The first-order chi connectivity index (χ1) is 9.92. The molecule has 1 amide bonds. The number of ether oxygens (including phenoxy) is 1. The summed E-state index contributed by atoms with van der Waals surface area (Å²) in [6.45, 7) is 7.99. The van der Waals surface area contributed by atoms with Gasteiger partial charge in [-0.05, 0) is 27.2 Å². The molecule has 22 heavy (non-hydrogen) atoms. The molecule has 0 aromatic carbocycles. The molecule has 1 atom stereocenters. The van der Waals surface area contributed by atoms with Gasteiger partial charge in [0.1, 0.15) is 5.60 Å². The maximum atomic E-state index is 12.0. The van der Waals surface area contributed by atoms with E-state index in [1.807, 2.05) is 0 Å². The van der Waals surface area contributed by atoms with Crippen molar-refractivity contribution in [3.63, 3.8) is 0 Å². The van der Waals surface area contributed by atoms with Crippen LogP contribution in [0.25, 0.3) is 0 Å². The number of alkyl carbamates (subject to hydrolysis) is 1. The molecule has 1 rings (SSSR count). The third-order valence-electron chi connectivity index (χ3n) is 3.11. The van der Waals surface area contributed by atoms with Gasteiger partial charge in [-0.2, -0.15) is 4.31 Å². The van der Waals surface area contributed by atoms with Gasteiger partial charge >= 0.3 is 12.1 Å². The monoisotopic (exact) mass is 334 g/mol. The molecule has 1 aliphatic rings. The lowest BCUT2D eigenvalue weighted by Gasteiger charge is -2.28. The number of rotatable bonds is 5. The summed E-state index contributed by atoms with van der Waals surface area (Å²) in [7, 11) is -3.63. The van der Waals surface area contributed by atoms with Crippen molar-refractivity contribution in [1.82, 2.24) is 9.62 Å². The molecule has 0 radical (unpaired) electrons. The van der Waals surface area contributed by atoms with Crippen LogP contribution in [0.15, 0.2) is 12.7 Å². The van der Waals surface area contributed by atoms with E-state index in [-0.39, 0.29) is 25.3 Å². The number of aliphatic carboxylic acids is 1. The third kappa shape index (κ3) is 4.44. The normalized spacial score (nSPS) is 23.0. The van der Waals surface area contributed by atoms with Gasteiger partial charge in [0.2, 0.25) is 10.0 Å². The van der Waals surface area contributed by atoms with Gasteiger partial charge in [0.15, 0.2) is 5.54 Å². The largest absolute Gasteiger partial charge is 0.479 e. The Morgan fingerprint density at radius 3 is 2.50 bits per heavy atom. The number of carbonyl (C=O) groups excluding carboxylic acids is 1.